The van der Waals surface area contributed by atoms with Crippen molar-refractivity contribution in [2.24, 2.45) is 0 Å². The predicted molar refractivity (Wildman–Crippen MR) is 130 cm³/mol. The van der Waals surface area contributed by atoms with Gasteiger partial charge in [0.1, 0.15) is 18.1 Å². The third-order valence-corrected chi connectivity index (χ3v) is 6.00. The van der Waals surface area contributed by atoms with E-state index in [1.165, 1.54) is 0 Å². The first-order valence-corrected chi connectivity index (χ1v) is 11.2. The topological polar surface area (TPSA) is 69.3 Å². The van der Waals surface area contributed by atoms with Crippen molar-refractivity contribution < 1.29 is 13.9 Å². The van der Waals surface area contributed by atoms with Crippen LogP contribution in [0, 0.1) is 13.8 Å². The van der Waals surface area contributed by atoms with Crippen LogP contribution in [0.5, 0.6) is 5.75 Å². The fraction of sp³-hybridized carbons (Fsp3) is 0.167. The highest BCUT2D eigenvalue weighted by Gasteiger charge is 2.19. The monoisotopic (exact) mass is 503 g/mol. The van der Waals surface area contributed by atoms with Crippen LogP contribution in [-0.2, 0) is 13.2 Å². The van der Waals surface area contributed by atoms with Crippen LogP contribution in [0.4, 0.5) is 5.69 Å². The number of halogens is 3. The number of furan rings is 1. The van der Waals surface area contributed by atoms with E-state index >= 15 is 0 Å². The first-order chi connectivity index (χ1) is 15.8. The molecule has 0 aliphatic heterocycles. The molecule has 0 aliphatic rings. The summed E-state index contributed by atoms with van der Waals surface area (Å²) in [5.74, 6) is 0.908. The molecular weight excluding hydrogens is 485 g/mol. The molecule has 0 aliphatic carbocycles. The minimum Gasteiger partial charge on any atom is -0.486 e. The number of ether oxygens (including phenoxy) is 1. The summed E-state index contributed by atoms with van der Waals surface area (Å²) >= 11 is 18.5. The molecule has 2 aromatic carbocycles. The molecule has 0 atom stereocenters. The van der Waals surface area contributed by atoms with Crippen LogP contribution in [-0.4, -0.2) is 15.7 Å². The molecule has 4 rings (SSSR count). The molecule has 0 saturated carbocycles. The Hall–Kier alpha value is -2.93. The summed E-state index contributed by atoms with van der Waals surface area (Å²) in [6.45, 7) is 4.24. The lowest BCUT2D eigenvalue weighted by atomic mass is 10.2. The summed E-state index contributed by atoms with van der Waals surface area (Å²) in [7, 11) is 0. The lowest BCUT2D eigenvalue weighted by molar-refractivity contribution is 0.0992. The second-order valence-electron chi connectivity index (χ2n) is 7.37. The number of aryl methyl sites for hydroxylation is 1. The van der Waals surface area contributed by atoms with Crippen LogP contribution in [0.2, 0.25) is 15.1 Å². The van der Waals surface area contributed by atoms with Crippen molar-refractivity contribution in [3.63, 3.8) is 0 Å². The van der Waals surface area contributed by atoms with Gasteiger partial charge in [-0.25, -0.2) is 0 Å². The van der Waals surface area contributed by atoms with Gasteiger partial charge in [-0.1, -0.05) is 46.9 Å². The highest BCUT2D eigenvalue weighted by Crippen LogP contribution is 2.28. The average Bonchev–Trinajstić information content (AvgIpc) is 3.35. The Morgan fingerprint density at radius 1 is 1.06 bits per heavy atom. The normalized spacial score (nSPS) is 10.9. The molecule has 0 radical (unpaired) electrons. The van der Waals surface area contributed by atoms with Gasteiger partial charge in [-0.3, -0.25) is 9.48 Å². The zero-order chi connectivity index (χ0) is 23.5. The number of rotatable bonds is 7. The molecule has 6 nitrogen and oxygen atoms in total. The number of hydrogen-bond acceptors (Lipinski definition) is 4. The number of aromatic nitrogens is 2. The summed E-state index contributed by atoms with van der Waals surface area (Å²) in [4.78, 5) is 12.8. The minimum absolute atomic E-state index is 0.167. The third-order valence-electron chi connectivity index (χ3n) is 5.05. The SMILES string of the molecule is Cc1nn(Cc2c(Cl)cccc2Cl)c(C)c1NC(=O)c1ccc(COc2cccc(Cl)c2)o1. The van der Waals surface area contributed by atoms with E-state index < -0.39 is 0 Å². The Bertz CT molecular complexity index is 1290. The maximum absolute atomic E-state index is 12.8. The second-order valence-corrected chi connectivity index (χ2v) is 8.62. The second kappa shape index (κ2) is 9.91. The first kappa shape index (κ1) is 23.2. The number of carbonyl (C=O) groups is 1. The fourth-order valence-electron chi connectivity index (χ4n) is 3.33. The van der Waals surface area contributed by atoms with Crippen molar-refractivity contribution in [3.8, 4) is 5.75 Å². The van der Waals surface area contributed by atoms with Gasteiger partial charge >= 0.3 is 0 Å². The van der Waals surface area contributed by atoms with E-state index in [0.29, 0.717) is 44.5 Å². The highest BCUT2D eigenvalue weighted by molar-refractivity contribution is 6.36. The van der Waals surface area contributed by atoms with E-state index in [1.807, 2.05) is 13.8 Å². The number of nitrogens with one attached hydrogen (secondary N) is 1. The maximum Gasteiger partial charge on any atom is 0.291 e. The summed E-state index contributed by atoms with van der Waals surface area (Å²) in [6, 6.07) is 15.7. The molecule has 0 spiro atoms. The highest BCUT2D eigenvalue weighted by atomic mass is 35.5. The minimum atomic E-state index is -0.384. The molecule has 2 heterocycles. The van der Waals surface area contributed by atoms with E-state index in [9.17, 15) is 4.79 Å². The van der Waals surface area contributed by atoms with Crippen molar-refractivity contribution in [3.05, 3.63) is 98.1 Å². The molecule has 4 aromatic rings. The Kier molecular flexibility index (Phi) is 6.98. The lowest BCUT2D eigenvalue weighted by Gasteiger charge is -2.09. The third kappa shape index (κ3) is 5.36. The van der Waals surface area contributed by atoms with Crippen molar-refractivity contribution in [2.45, 2.75) is 27.0 Å². The van der Waals surface area contributed by atoms with Gasteiger partial charge in [0.05, 0.1) is 23.6 Å². The predicted octanol–water partition coefficient (Wildman–Crippen LogP) is 6.93. The molecule has 0 unspecified atom stereocenters. The number of carbonyl (C=O) groups excluding carboxylic acids is 1. The van der Waals surface area contributed by atoms with E-state index in [0.717, 1.165) is 11.3 Å². The molecule has 1 amide bonds. The standard InChI is InChI=1S/C24H20Cl3N3O3/c1-14-23(15(2)30(29-14)12-19-20(26)7-4-8-21(19)27)28-24(31)22-10-9-18(33-22)13-32-17-6-3-5-16(25)11-17/h3-11H,12-13H2,1-2H3,(H,28,31). The zero-order valence-corrected chi connectivity index (χ0v) is 20.1. The van der Waals surface area contributed by atoms with Gasteiger partial charge in [0.25, 0.3) is 5.91 Å². The maximum atomic E-state index is 12.8. The van der Waals surface area contributed by atoms with Crippen LogP contribution >= 0.6 is 34.8 Å². The number of amides is 1. The largest absolute Gasteiger partial charge is 0.486 e. The Morgan fingerprint density at radius 3 is 2.52 bits per heavy atom. The molecule has 0 fully saturated rings. The van der Waals surface area contributed by atoms with Crippen LogP contribution in [0.25, 0.3) is 0 Å². The summed E-state index contributed by atoms with van der Waals surface area (Å²) in [6.07, 6.45) is 0. The van der Waals surface area contributed by atoms with Gasteiger partial charge in [0, 0.05) is 20.6 Å². The molecular formula is C24H20Cl3N3O3. The lowest BCUT2D eigenvalue weighted by Crippen LogP contribution is -2.12. The van der Waals surface area contributed by atoms with Gasteiger partial charge in [0.2, 0.25) is 0 Å². The number of benzene rings is 2. The van der Waals surface area contributed by atoms with Gasteiger partial charge in [-0.15, -0.1) is 0 Å². The quantitative estimate of drug-likeness (QED) is 0.296. The van der Waals surface area contributed by atoms with E-state index in [-0.39, 0.29) is 18.3 Å². The van der Waals surface area contributed by atoms with Crippen LogP contribution in [0.1, 0.15) is 33.3 Å². The summed E-state index contributed by atoms with van der Waals surface area (Å²) in [5, 5.41) is 9.11. The number of hydrogen-bond donors (Lipinski definition) is 1. The molecule has 2 aromatic heterocycles. The van der Waals surface area contributed by atoms with Gasteiger partial charge in [-0.2, -0.15) is 5.10 Å². The van der Waals surface area contributed by atoms with Gasteiger partial charge in [-0.05, 0) is 56.3 Å². The smallest absolute Gasteiger partial charge is 0.291 e. The first-order valence-electron chi connectivity index (χ1n) is 10.1. The molecule has 0 saturated heterocycles. The van der Waals surface area contributed by atoms with E-state index in [2.05, 4.69) is 10.4 Å². The zero-order valence-electron chi connectivity index (χ0n) is 17.9. The molecule has 33 heavy (non-hydrogen) atoms. The van der Waals surface area contributed by atoms with Crippen molar-refractivity contribution in [1.82, 2.24) is 9.78 Å². The van der Waals surface area contributed by atoms with Crippen LogP contribution < -0.4 is 10.1 Å². The van der Waals surface area contributed by atoms with E-state index in [4.69, 9.17) is 44.0 Å². The van der Waals surface area contributed by atoms with Crippen molar-refractivity contribution >= 4 is 46.4 Å². The number of anilines is 1. The molecule has 9 heteroatoms. The molecule has 0 bridgehead atoms. The van der Waals surface area contributed by atoms with E-state index in [1.54, 1.807) is 59.3 Å². The van der Waals surface area contributed by atoms with Crippen LogP contribution in [0.3, 0.4) is 0 Å². The average molecular weight is 505 g/mol. The summed E-state index contributed by atoms with van der Waals surface area (Å²) in [5.41, 5.74) is 2.81. The molecule has 1 N–H and O–H groups in total. The number of nitrogens with zero attached hydrogens (tertiary/aromatic N) is 2. The Balaban J connectivity index is 1.45. The van der Waals surface area contributed by atoms with Crippen molar-refractivity contribution in [2.75, 3.05) is 5.32 Å². The summed E-state index contributed by atoms with van der Waals surface area (Å²) < 4.78 is 13.1. The molecule has 170 valence electrons. The van der Waals surface area contributed by atoms with Gasteiger partial charge in [0.15, 0.2) is 5.76 Å². The fourth-order valence-corrected chi connectivity index (χ4v) is 4.03. The van der Waals surface area contributed by atoms with Gasteiger partial charge < -0.3 is 14.5 Å². The van der Waals surface area contributed by atoms with Crippen LogP contribution in [0.15, 0.2) is 59.0 Å². The Morgan fingerprint density at radius 2 is 1.79 bits per heavy atom. The Labute approximate surface area is 206 Å². The van der Waals surface area contributed by atoms with Crippen molar-refractivity contribution in [1.29, 1.82) is 0 Å².